The lowest BCUT2D eigenvalue weighted by Crippen LogP contribution is -2.09. The quantitative estimate of drug-likeness (QED) is 0.118. The topological polar surface area (TPSA) is 18.0 Å². The molecule has 3 aromatic heterocycles. The van der Waals surface area contributed by atoms with Gasteiger partial charge in [0.25, 0.3) is 0 Å². The summed E-state index contributed by atoms with van der Waals surface area (Å²) in [5, 5.41) is 7.46. The van der Waals surface area contributed by atoms with E-state index in [0.717, 1.165) is 45.1 Å². The molecule has 11 aromatic carbocycles. The second-order valence-corrected chi connectivity index (χ2v) is 19.4. The van der Waals surface area contributed by atoms with Gasteiger partial charge in [-0.25, -0.2) is 0 Å². The van der Waals surface area contributed by atoms with E-state index in [4.69, 9.17) is 0 Å². The van der Waals surface area contributed by atoms with E-state index in [0.29, 0.717) is 0 Å². The van der Waals surface area contributed by atoms with Crippen molar-refractivity contribution in [3.8, 4) is 44.8 Å². The highest BCUT2D eigenvalue weighted by Crippen LogP contribution is 2.41. The van der Waals surface area contributed by atoms with Gasteiger partial charge in [-0.05, 0) is 149 Å². The van der Waals surface area contributed by atoms with Crippen LogP contribution in [0.3, 0.4) is 0 Å². The fourth-order valence-electron chi connectivity index (χ4n) is 11.5. The van der Waals surface area contributed by atoms with Crippen molar-refractivity contribution in [2.75, 3.05) is 4.90 Å². The Balaban J connectivity index is 0.821. The van der Waals surface area contributed by atoms with Gasteiger partial charge in [-0.1, -0.05) is 176 Å². The zero-order chi connectivity index (χ0) is 50.5. The number of anilines is 3. The molecule has 0 aliphatic heterocycles. The third-order valence-corrected chi connectivity index (χ3v) is 15.1. The molecule has 3 heterocycles. The van der Waals surface area contributed by atoms with Crippen molar-refractivity contribution in [2.45, 2.75) is 0 Å². The summed E-state index contributed by atoms with van der Waals surface area (Å²) in [5.74, 6) is 0. The van der Waals surface area contributed by atoms with E-state index in [1.165, 1.54) is 82.1 Å². The molecule has 0 unspecified atom stereocenters. The predicted molar refractivity (Wildman–Crippen MR) is 324 cm³/mol. The summed E-state index contributed by atoms with van der Waals surface area (Å²) in [7, 11) is 0. The smallest absolute Gasteiger partial charge is 0.0541 e. The number of rotatable bonds is 11. The number of aromatic nitrogens is 3. The Bertz CT molecular complexity index is 4490. The summed E-state index contributed by atoms with van der Waals surface area (Å²) in [6, 6.07) is 95.1. The van der Waals surface area contributed by atoms with Crippen molar-refractivity contribution in [2.24, 2.45) is 0 Å². The first-order chi connectivity index (χ1) is 37.7. The number of benzene rings is 11. The molecule has 358 valence electrons. The molecule has 14 aromatic rings. The minimum atomic E-state index is 1.07. The van der Waals surface area contributed by atoms with Crippen LogP contribution in [0.15, 0.2) is 292 Å². The first-order valence-electron chi connectivity index (χ1n) is 25.9. The molecule has 0 radical (unpaired) electrons. The number of fused-ring (bicyclic) bond motifs is 9. The van der Waals surface area contributed by atoms with Crippen LogP contribution < -0.4 is 4.90 Å². The number of nitrogens with zero attached hydrogens (tertiary/aromatic N) is 4. The normalized spacial score (nSPS) is 11.9. The zero-order valence-electron chi connectivity index (χ0n) is 41.7. The van der Waals surface area contributed by atoms with Crippen LogP contribution in [-0.2, 0) is 0 Å². The third-order valence-electron chi connectivity index (χ3n) is 15.1. The Morgan fingerprint density at radius 3 is 1.12 bits per heavy atom. The Labute approximate surface area is 441 Å². The maximum absolute atomic E-state index is 3.82. The lowest BCUT2D eigenvalue weighted by molar-refractivity contribution is 1.18. The first-order valence-corrected chi connectivity index (χ1v) is 25.9. The molecule has 0 saturated carbocycles. The molecule has 0 bridgehead atoms. The van der Waals surface area contributed by atoms with Gasteiger partial charge in [0.05, 0.1) is 33.1 Å². The lowest BCUT2D eigenvalue weighted by atomic mass is 10.0. The van der Waals surface area contributed by atoms with Gasteiger partial charge in [0, 0.05) is 67.0 Å². The van der Waals surface area contributed by atoms with Crippen molar-refractivity contribution in [3.63, 3.8) is 0 Å². The lowest BCUT2D eigenvalue weighted by Gasteiger charge is -2.26. The highest BCUT2D eigenvalue weighted by atomic mass is 15.1. The Morgan fingerprint density at radius 2 is 0.618 bits per heavy atom. The van der Waals surface area contributed by atoms with Gasteiger partial charge in [-0.2, -0.15) is 0 Å². The molecule has 0 N–H and O–H groups in total. The average Bonchev–Trinajstić information content (AvgIpc) is 4.17. The van der Waals surface area contributed by atoms with Gasteiger partial charge in [0.2, 0.25) is 0 Å². The number of para-hydroxylation sites is 5. The van der Waals surface area contributed by atoms with Gasteiger partial charge in [0.15, 0.2) is 0 Å². The van der Waals surface area contributed by atoms with Crippen LogP contribution in [0, 0.1) is 0 Å². The maximum Gasteiger partial charge on any atom is 0.0541 e. The number of allylic oxidation sites excluding steroid dienone is 4. The molecule has 0 fully saturated rings. The largest absolute Gasteiger partial charge is 0.316 e. The summed E-state index contributed by atoms with van der Waals surface area (Å²) in [5.41, 5.74) is 19.7. The van der Waals surface area contributed by atoms with Gasteiger partial charge >= 0.3 is 0 Å². The van der Waals surface area contributed by atoms with Crippen LogP contribution in [0.25, 0.3) is 116 Å². The molecule has 0 atom stereocenters. The maximum atomic E-state index is 3.82. The van der Waals surface area contributed by atoms with Gasteiger partial charge in [-0.3, -0.25) is 0 Å². The molecule has 4 nitrogen and oxygen atoms in total. The van der Waals surface area contributed by atoms with E-state index >= 15 is 0 Å². The van der Waals surface area contributed by atoms with E-state index in [1.807, 2.05) is 12.2 Å². The van der Waals surface area contributed by atoms with Gasteiger partial charge in [0.1, 0.15) is 0 Å². The summed E-state index contributed by atoms with van der Waals surface area (Å²) >= 11 is 0. The molecule has 76 heavy (non-hydrogen) atoms. The molecule has 14 rings (SSSR count). The zero-order valence-corrected chi connectivity index (χ0v) is 41.7. The van der Waals surface area contributed by atoms with E-state index in [-0.39, 0.29) is 0 Å². The molecule has 0 aliphatic carbocycles. The summed E-state index contributed by atoms with van der Waals surface area (Å²) in [4.78, 5) is 2.36. The van der Waals surface area contributed by atoms with Crippen LogP contribution in [0.2, 0.25) is 0 Å². The van der Waals surface area contributed by atoms with Crippen molar-refractivity contribution in [1.82, 2.24) is 13.7 Å². The van der Waals surface area contributed by atoms with Gasteiger partial charge in [-0.15, -0.1) is 0 Å². The fourth-order valence-corrected chi connectivity index (χ4v) is 11.5. The average molecular weight is 971 g/mol. The molecule has 4 heteroatoms. The standard InChI is InChI=1S/C72H50N4/c1-2-3-4-16-47-73-67-23-12-8-21-63(67)65-48-54(35-45-68(65)73)52-31-39-58(40-32-52)74(57-37-27-50(28-38-57)51-29-43-60(44-30-51)76-69-24-13-9-19-61(69)62-20-10-14-25-70(62)76)59-41-33-53(34-42-59)55-36-46-72-66(49-55)64-22-11-15-26-71(64)75(72)56-17-6-5-7-18-56/h2-49H,1H2/b4-3-,47-16+. The van der Waals surface area contributed by atoms with Crippen LogP contribution >= 0.6 is 0 Å². The Morgan fingerprint density at radius 1 is 0.276 bits per heavy atom. The Hall–Kier alpha value is -10.2. The highest BCUT2D eigenvalue weighted by molar-refractivity contribution is 6.12. The second kappa shape index (κ2) is 18.7. The molecule has 0 aliphatic rings. The second-order valence-electron chi connectivity index (χ2n) is 19.4. The first kappa shape index (κ1) is 44.5. The summed E-state index contributed by atoms with van der Waals surface area (Å²) < 4.78 is 7.01. The predicted octanol–water partition coefficient (Wildman–Crippen LogP) is 19.7. The number of hydrogen-bond donors (Lipinski definition) is 0. The Kier molecular flexibility index (Phi) is 11.0. The van der Waals surface area contributed by atoms with E-state index < -0.39 is 0 Å². The van der Waals surface area contributed by atoms with Gasteiger partial charge < -0.3 is 18.6 Å². The SMILES string of the molecule is C=C/C=C\C=C\n1c2ccccc2c2cc(-c3ccc(N(c4ccc(-c5ccc(-n6c7ccccc7c7ccccc76)cc5)cc4)c4ccc(-c5ccc6c(c5)c5ccccc5n6-c5ccccc5)cc4)cc3)ccc21. The molecule has 0 spiro atoms. The molecule has 0 amide bonds. The van der Waals surface area contributed by atoms with Crippen LogP contribution in [0.5, 0.6) is 0 Å². The molecule has 0 saturated heterocycles. The van der Waals surface area contributed by atoms with Crippen molar-refractivity contribution in [1.29, 1.82) is 0 Å². The van der Waals surface area contributed by atoms with Crippen molar-refractivity contribution in [3.05, 3.63) is 292 Å². The summed E-state index contributed by atoms with van der Waals surface area (Å²) in [6.45, 7) is 3.82. The highest BCUT2D eigenvalue weighted by Gasteiger charge is 2.18. The van der Waals surface area contributed by atoms with Crippen LogP contribution in [0.4, 0.5) is 17.1 Å². The summed E-state index contributed by atoms with van der Waals surface area (Å²) in [6.07, 6.45) is 9.93. The van der Waals surface area contributed by atoms with E-state index in [1.54, 1.807) is 6.08 Å². The van der Waals surface area contributed by atoms with E-state index in [9.17, 15) is 0 Å². The fraction of sp³-hybridized carbons (Fsp3) is 0. The monoisotopic (exact) mass is 970 g/mol. The van der Waals surface area contributed by atoms with E-state index in [2.05, 4.69) is 298 Å². The van der Waals surface area contributed by atoms with Crippen molar-refractivity contribution < 1.29 is 0 Å². The minimum absolute atomic E-state index is 1.07. The van der Waals surface area contributed by atoms with Crippen molar-refractivity contribution >= 4 is 88.7 Å². The third kappa shape index (κ3) is 7.62. The van der Waals surface area contributed by atoms with Crippen LogP contribution in [0.1, 0.15) is 0 Å². The molecular formula is C72H50N4. The molecular weight excluding hydrogens is 921 g/mol. The number of hydrogen-bond acceptors (Lipinski definition) is 1. The van der Waals surface area contributed by atoms with Crippen LogP contribution in [-0.4, -0.2) is 13.7 Å². The minimum Gasteiger partial charge on any atom is -0.316 e.